The number of sulfonamides is 1. The van der Waals surface area contributed by atoms with E-state index in [-0.39, 0.29) is 12.1 Å². The van der Waals surface area contributed by atoms with Gasteiger partial charge < -0.3 is 10.4 Å². The quantitative estimate of drug-likeness (QED) is 0.767. The lowest BCUT2D eigenvalue weighted by atomic mass is 9.90. The summed E-state index contributed by atoms with van der Waals surface area (Å²) in [6.45, 7) is 2.19. The van der Waals surface area contributed by atoms with Gasteiger partial charge >= 0.3 is 0 Å². The molecule has 3 unspecified atom stereocenters. The van der Waals surface area contributed by atoms with Crippen LogP contribution in [-0.4, -0.2) is 55.9 Å². The minimum atomic E-state index is -3.08. The van der Waals surface area contributed by atoms with E-state index >= 15 is 0 Å². The highest BCUT2D eigenvalue weighted by Crippen LogP contribution is 2.25. The molecule has 5 nitrogen and oxygen atoms in total. The molecule has 106 valence electrons. The Morgan fingerprint density at radius 3 is 2.78 bits per heavy atom. The van der Waals surface area contributed by atoms with Crippen LogP contribution in [0.3, 0.4) is 0 Å². The zero-order chi connectivity index (χ0) is 13.2. The summed E-state index contributed by atoms with van der Waals surface area (Å²) in [6, 6.07) is 0.207. The highest BCUT2D eigenvalue weighted by atomic mass is 32.2. The fraction of sp³-hybridized carbons (Fsp3) is 1.00. The Hall–Kier alpha value is -0.170. The van der Waals surface area contributed by atoms with Crippen molar-refractivity contribution in [2.45, 2.75) is 44.2 Å². The molecule has 6 heteroatoms. The Morgan fingerprint density at radius 2 is 2.17 bits per heavy atom. The van der Waals surface area contributed by atoms with Crippen LogP contribution < -0.4 is 5.32 Å². The predicted octanol–water partition coefficient (Wildman–Crippen LogP) is 0.161. The standard InChI is InChI=1S/C12H24N2O3S/c1-18(16,17)14-7-3-4-10(9-14)8-12(15)11-5-2-6-13-11/h10-13,15H,2-9H2,1H3. The molecule has 2 fully saturated rings. The van der Waals surface area contributed by atoms with Crippen molar-refractivity contribution in [2.75, 3.05) is 25.9 Å². The summed E-state index contributed by atoms with van der Waals surface area (Å²) in [5, 5.41) is 13.5. The molecule has 2 saturated heterocycles. The lowest BCUT2D eigenvalue weighted by Crippen LogP contribution is -2.42. The fourth-order valence-corrected chi connectivity index (χ4v) is 4.01. The zero-order valence-electron chi connectivity index (χ0n) is 11.0. The summed E-state index contributed by atoms with van der Waals surface area (Å²) < 4.78 is 24.6. The second kappa shape index (κ2) is 5.86. The van der Waals surface area contributed by atoms with Gasteiger partial charge in [0.25, 0.3) is 0 Å². The Bertz CT molecular complexity index is 366. The summed E-state index contributed by atoms with van der Waals surface area (Å²) in [5.74, 6) is 0.297. The molecule has 0 aliphatic carbocycles. The minimum absolute atomic E-state index is 0.207. The fourth-order valence-electron chi connectivity index (χ4n) is 3.07. The first-order valence-corrected chi connectivity index (χ1v) is 8.68. The van der Waals surface area contributed by atoms with E-state index in [9.17, 15) is 13.5 Å². The van der Waals surface area contributed by atoms with Crippen molar-refractivity contribution in [1.29, 1.82) is 0 Å². The van der Waals surface area contributed by atoms with Gasteiger partial charge in [-0.2, -0.15) is 0 Å². The maximum atomic E-state index is 11.5. The highest BCUT2D eigenvalue weighted by molar-refractivity contribution is 7.88. The van der Waals surface area contributed by atoms with Gasteiger partial charge in [-0.3, -0.25) is 0 Å². The van der Waals surface area contributed by atoms with Gasteiger partial charge in [-0.15, -0.1) is 0 Å². The number of aliphatic hydroxyl groups is 1. The number of aliphatic hydroxyl groups excluding tert-OH is 1. The van der Waals surface area contributed by atoms with Crippen LogP contribution >= 0.6 is 0 Å². The molecule has 0 spiro atoms. The number of rotatable bonds is 4. The van der Waals surface area contributed by atoms with Gasteiger partial charge in [0.1, 0.15) is 0 Å². The van der Waals surface area contributed by atoms with Crippen LogP contribution in [0.4, 0.5) is 0 Å². The van der Waals surface area contributed by atoms with Crippen molar-refractivity contribution in [3.05, 3.63) is 0 Å². The summed E-state index contributed by atoms with van der Waals surface area (Å²) in [6.07, 6.45) is 5.73. The number of hydrogen-bond donors (Lipinski definition) is 2. The van der Waals surface area contributed by atoms with E-state index in [1.54, 1.807) is 4.31 Å². The second-order valence-corrected chi connectivity index (χ2v) is 7.62. The Kier molecular flexibility index (Phi) is 4.64. The number of hydrogen-bond acceptors (Lipinski definition) is 4. The molecule has 2 rings (SSSR count). The van der Waals surface area contributed by atoms with E-state index in [1.807, 2.05) is 0 Å². The van der Waals surface area contributed by atoms with Crippen LogP contribution in [0.15, 0.2) is 0 Å². The molecule has 0 saturated carbocycles. The molecule has 0 bridgehead atoms. The van der Waals surface area contributed by atoms with Gasteiger partial charge in [0.15, 0.2) is 0 Å². The lowest BCUT2D eigenvalue weighted by molar-refractivity contribution is 0.0928. The maximum absolute atomic E-state index is 11.5. The van der Waals surface area contributed by atoms with Crippen LogP contribution in [0.25, 0.3) is 0 Å². The second-order valence-electron chi connectivity index (χ2n) is 5.64. The summed E-state index contributed by atoms with van der Waals surface area (Å²) in [4.78, 5) is 0. The Balaban J connectivity index is 1.85. The molecule has 0 amide bonds. The minimum Gasteiger partial charge on any atom is -0.391 e. The normalized spacial score (nSPS) is 32.6. The van der Waals surface area contributed by atoms with Crippen LogP contribution in [0.2, 0.25) is 0 Å². The molecule has 3 atom stereocenters. The van der Waals surface area contributed by atoms with Crippen LogP contribution in [0.1, 0.15) is 32.1 Å². The molecule has 0 aromatic heterocycles. The monoisotopic (exact) mass is 276 g/mol. The van der Waals surface area contributed by atoms with Gasteiger partial charge in [0.05, 0.1) is 12.4 Å². The SMILES string of the molecule is CS(=O)(=O)N1CCCC(CC(O)C2CCCN2)C1. The van der Waals surface area contributed by atoms with Gasteiger partial charge in [0, 0.05) is 19.1 Å². The van der Waals surface area contributed by atoms with Gasteiger partial charge in [-0.25, -0.2) is 12.7 Å². The molecule has 18 heavy (non-hydrogen) atoms. The third-order valence-electron chi connectivity index (χ3n) is 4.09. The summed E-state index contributed by atoms with van der Waals surface area (Å²) >= 11 is 0. The largest absolute Gasteiger partial charge is 0.391 e. The van der Waals surface area contributed by atoms with E-state index in [1.165, 1.54) is 6.26 Å². The third kappa shape index (κ3) is 3.66. The van der Waals surface area contributed by atoms with Crippen LogP contribution in [-0.2, 0) is 10.0 Å². The van der Waals surface area contributed by atoms with Crippen molar-refractivity contribution in [2.24, 2.45) is 5.92 Å². The molecule has 2 N–H and O–H groups in total. The average molecular weight is 276 g/mol. The molecule has 2 aliphatic rings. The summed E-state index contributed by atoms with van der Waals surface area (Å²) in [5.41, 5.74) is 0. The number of piperidine rings is 1. The summed E-state index contributed by atoms with van der Waals surface area (Å²) in [7, 11) is -3.08. The van der Waals surface area contributed by atoms with Crippen LogP contribution in [0.5, 0.6) is 0 Å². The van der Waals surface area contributed by atoms with Gasteiger partial charge in [-0.1, -0.05) is 0 Å². The smallest absolute Gasteiger partial charge is 0.211 e. The van der Waals surface area contributed by atoms with Crippen molar-refractivity contribution in [3.63, 3.8) is 0 Å². The molecule has 0 aromatic carbocycles. The molecule has 2 heterocycles. The van der Waals surface area contributed by atoms with Crippen molar-refractivity contribution < 1.29 is 13.5 Å². The molecular formula is C12H24N2O3S. The molecule has 2 aliphatic heterocycles. The molecule has 0 aromatic rings. The van der Waals surface area contributed by atoms with Crippen molar-refractivity contribution in [3.8, 4) is 0 Å². The van der Waals surface area contributed by atoms with Crippen molar-refractivity contribution >= 4 is 10.0 Å². The Labute approximate surface area is 110 Å². The van der Waals surface area contributed by atoms with Crippen molar-refractivity contribution in [1.82, 2.24) is 9.62 Å². The average Bonchev–Trinajstić information content (AvgIpc) is 2.81. The maximum Gasteiger partial charge on any atom is 0.211 e. The van der Waals surface area contributed by atoms with Gasteiger partial charge in [0.2, 0.25) is 10.0 Å². The van der Waals surface area contributed by atoms with Gasteiger partial charge in [-0.05, 0) is 44.6 Å². The number of nitrogens with one attached hydrogen (secondary N) is 1. The van der Waals surface area contributed by atoms with E-state index in [4.69, 9.17) is 0 Å². The highest BCUT2D eigenvalue weighted by Gasteiger charge is 2.30. The third-order valence-corrected chi connectivity index (χ3v) is 5.36. The van der Waals surface area contributed by atoms with E-state index in [2.05, 4.69) is 5.32 Å². The van der Waals surface area contributed by atoms with E-state index in [0.29, 0.717) is 25.4 Å². The Morgan fingerprint density at radius 1 is 1.39 bits per heavy atom. The topological polar surface area (TPSA) is 69.6 Å². The number of nitrogens with zero attached hydrogens (tertiary/aromatic N) is 1. The molecular weight excluding hydrogens is 252 g/mol. The first-order valence-electron chi connectivity index (χ1n) is 6.83. The zero-order valence-corrected chi connectivity index (χ0v) is 11.8. The first kappa shape index (κ1) is 14.2. The first-order chi connectivity index (χ1) is 8.47. The predicted molar refractivity (Wildman–Crippen MR) is 70.8 cm³/mol. The van der Waals surface area contributed by atoms with E-state index < -0.39 is 10.0 Å². The van der Waals surface area contributed by atoms with Crippen LogP contribution in [0, 0.1) is 5.92 Å². The molecule has 0 radical (unpaired) electrons. The lowest BCUT2D eigenvalue weighted by Gasteiger charge is -2.33. The van der Waals surface area contributed by atoms with E-state index in [0.717, 1.165) is 32.2 Å².